The van der Waals surface area contributed by atoms with Crippen molar-refractivity contribution >= 4 is 33.0 Å². The van der Waals surface area contributed by atoms with Gasteiger partial charge in [-0.2, -0.15) is 5.10 Å². The van der Waals surface area contributed by atoms with Crippen LogP contribution in [0.5, 0.6) is 0 Å². The van der Waals surface area contributed by atoms with Crippen LogP contribution in [0, 0.1) is 10.1 Å². The molecule has 1 heterocycles. The van der Waals surface area contributed by atoms with Crippen LogP contribution in [0.2, 0.25) is 0 Å². The molecular weight excluding hydrogens is 444 g/mol. The number of carbonyl (C=O) groups excluding carboxylic acids is 1. The highest BCUT2D eigenvalue weighted by Crippen LogP contribution is 2.34. The molecule has 1 amide bonds. The quantitative estimate of drug-likeness (QED) is 0.435. The van der Waals surface area contributed by atoms with Gasteiger partial charge in [-0.05, 0) is 35.4 Å². The molecule has 1 aliphatic rings. The van der Waals surface area contributed by atoms with Gasteiger partial charge < -0.3 is 0 Å². The van der Waals surface area contributed by atoms with E-state index in [1.54, 1.807) is 54.6 Å². The second-order valence-corrected chi connectivity index (χ2v) is 9.16. The Morgan fingerprint density at radius 2 is 1.76 bits per heavy atom. The molecule has 0 bridgehead atoms. The summed E-state index contributed by atoms with van der Waals surface area (Å²) < 4.78 is 27.6. The molecule has 168 valence electrons. The number of anilines is 1. The average Bonchev–Trinajstić information content (AvgIpc) is 3.26. The lowest BCUT2D eigenvalue weighted by Gasteiger charge is -2.20. The van der Waals surface area contributed by atoms with Gasteiger partial charge >= 0.3 is 0 Å². The molecule has 0 aliphatic carbocycles. The largest absolute Gasteiger partial charge is 0.280 e. The standard InChI is InChI=1S/C23H20N4O5S/c1-16(28)26-23(18-6-5-7-20(14-18)27(29)30)15-22(24-26)17-10-12-19(13-11-17)25-33(31,32)21-8-3-2-4-9-21/h2-14,23,25H,15H2,1H3. The molecule has 3 aromatic rings. The van der Waals surface area contributed by atoms with Crippen LogP contribution >= 0.6 is 0 Å². The molecule has 0 radical (unpaired) electrons. The van der Waals surface area contributed by atoms with E-state index in [9.17, 15) is 23.3 Å². The second kappa shape index (κ2) is 8.83. The first-order valence-corrected chi connectivity index (χ1v) is 11.5. The summed E-state index contributed by atoms with van der Waals surface area (Å²) in [6.45, 7) is 1.39. The summed E-state index contributed by atoms with van der Waals surface area (Å²) in [5.74, 6) is -0.284. The van der Waals surface area contributed by atoms with Gasteiger partial charge in [-0.1, -0.05) is 42.5 Å². The number of rotatable bonds is 6. The molecule has 10 heteroatoms. The van der Waals surface area contributed by atoms with Gasteiger partial charge in [-0.15, -0.1) is 0 Å². The smallest absolute Gasteiger partial charge is 0.269 e. The fourth-order valence-corrected chi connectivity index (χ4v) is 4.70. The third-order valence-corrected chi connectivity index (χ3v) is 6.62. The molecule has 0 aromatic heterocycles. The first kappa shape index (κ1) is 22.2. The number of hydrogen-bond donors (Lipinski definition) is 1. The Kier molecular flexibility index (Phi) is 5.93. The molecule has 1 N–H and O–H groups in total. The maximum atomic E-state index is 12.5. The Morgan fingerprint density at radius 3 is 2.39 bits per heavy atom. The van der Waals surface area contributed by atoms with Crippen LogP contribution in [0.15, 0.2) is 88.9 Å². The van der Waals surface area contributed by atoms with Crippen molar-refractivity contribution in [3.8, 4) is 0 Å². The van der Waals surface area contributed by atoms with Gasteiger partial charge in [0.1, 0.15) is 0 Å². The fraction of sp³-hybridized carbons (Fsp3) is 0.130. The fourth-order valence-electron chi connectivity index (χ4n) is 3.62. The van der Waals surface area contributed by atoms with Crippen molar-refractivity contribution in [3.05, 3.63) is 100 Å². The zero-order valence-electron chi connectivity index (χ0n) is 17.6. The third-order valence-electron chi connectivity index (χ3n) is 5.22. The Balaban J connectivity index is 1.56. The highest BCUT2D eigenvalue weighted by Gasteiger charge is 2.32. The number of amides is 1. The van der Waals surface area contributed by atoms with Gasteiger partial charge in [-0.3, -0.25) is 19.6 Å². The van der Waals surface area contributed by atoms with Crippen LogP contribution in [0.25, 0.3) is 0 Å². The summed E-state index contributed by atoms with van der Waals surface area (Å²) in [4.78, 5) is 23.0. The van der Waals surface area contributed by atoms with E-state index in [4.69, 9.17) is 0 Å². The highest BCUT2D eigenvalue weighted by molar-refractivity contribution is 7.92. The van der Waals surface area contributed by atoms with E-state index in [1.165, 1.54) is 36.2 Å². The first-order valence-electron chi connectivity index (χ1n) is 10.0. The third kappa shape index (κ3) is 4.75. The van der Waals surface area contributed by atoms with E-state index in [-0.39, 0.29) is 16.5 Å². The molecule has 9 nitrogen and oxygen atoms in total. The normalized spacial score (nSPS) is 15.7. The van der Waals surface area contributed by atoms with Crippen LogP contribution in [0.1, 0.15) is 30.5 Å². The number of non-ortho nitro benzene ring substituents is 1. The zero-order valence-corrected chi connectivity index (χ0v) is 18.4. The molecule has 0 spiro atoms. The summed E-state index contributed by atoms with van der Waals surface area (Å²) >= 11 is 0. The van der Waals surface area contributed by atoms with Crippen LogP contribution in [0.3, 0.4) is 0 Å². The number of nitro groups is 1. The lowest BCUT2D eigenvalue weighted by Crippen LogP contribution is -2.24. The molecular formula is C23H20N4O5S. The molecule has 0 saturated heterocycles. The van der Waals surface area contributed by atoms with Gasteiger partial charge in [0.05, 0.1) is 21.6 Å². The maximum absolute atomic E-state index is 12.5. The second-order valence-electron chi connectivity index (χ2n) is 7.48. The van der Waals surface area contributed by atoms with Crippen LogP contribution in [-0.2, 0) is 14.8 Å². The summed E-state index contributed by atoms with van der Waals surface area (Å²) in [5.41, 5.74) is 2.29. The van der Waals surface area contributed by atoms with Crippen molar-refractivity contribution in [1.82, 2.24) is 5.01 Å². The highest BCUT2D eigenvalue weighted by atomic mass is 32.2. The van der Waals surface area contributed by atoms with E-state index in [1.807, 2.05) is 0 Å². The van der Waals surface area contributed by atoms with E-state index in [2.05, 4.69) is 9.82 Å². The van der Waals surface area contributed by atoms with Gasteiger partial charge in [0.15, 0.2) is 0 Å². The van der Waals surface area contributed by atoms with Crippen molar-refractivity contribution < 1.29 is 18.1 Å². The Hall–Kier alpha value is -4.05. The summed E-state index contributed by atoms with van der Waals surface area (Å²) in [6.07, 6.45) is 0.371. The number of hydrogen-bond acceptors (Lipinski definition) is 6. The van der Waals surface area contributed by atoms with Crippen LogP contribution < -0.4 is 4.72 Å². The van der Waals surface area contributed by atoms with Crippen molar-refractivity contribution in [2.24, 2.45) is 5.10 Å². The van der Waals surface area contributed by atoms with Crippen molar-refractivity contribution in [2.45, 2.75) is 24.3 Å². The topological polar surface area (TPSA) is 122 Å². The molecule has 4 rings (SSSR count). The van der Waals surface area contributed by atoms with E-state index < -0.39 is 21.0 Å². The molecule has 1 unspecified atom stereocenters. The van der Waals surface area contributed by atoms with Gasteiger partial charge in [0.2, 0.25) is 5.91 Å². The first-order chi connectivity index (χ1) is 15.7. The Morgan fingerprint density at radius 1 is 1.06 bits per heavy atom. The average molecular weight is 465 g/mol. The predicted octanol–water partition coefficient (Wildman–Crippen LogP) is 4.09. The Labute approximate surface area is 190 Å². The van der Waals surface area contributed by atoms with E-state index >= 15 is 0 Å². The summed E-state index contributed by atoms with van der Waals surface area (Å²) in [7, 11) is -3.71. The predicted molar refractivity (Wildman–Crippen MR) is 123 cm³/mol. The van der Waals surface area contributed by atoms with Gasteiger partial charge in [-0.25, -0.2) is 13.4 Å². The zero-order chi connectivity index (χ0) is 23.6. The number of nitrogens with zero attached hydrogens (tertiary/aromatic N) is 3. The minimum Gasteiger partial charge on any atom is -0.280 e. The monoisotopic (exact) mass is 464 g/mol. The van der Waals surface area contributed by atoms with Crippen LogP contribution in [0.4, 0.5) is 11.4 Å². The SMILES string of the molecule is CC(=O)N1N=C(c2ccc(NS(=O)(=O)c3ccccc3)cc2)CC1c1cccc([N+](=O)[O-])c1. The lowest BCUT2D eigenvalue weighted by atomic mass is 9.98. The number of hydrazone groups is 1. The number of benzene rings is 3. The molecule has 33 heavy (non-hydrogen) atoms. The molecule has 1 atom stereocenters. The molecule has 0 fully saturated rings. The Bertz CT molecular complexity index is 1340. The van der Waals surface area contributed by atoms with Crippen molar-refractivity contribution in [3.63, 3.8) is 0 Å². The molecule has 0 saturated carbocycles. The van der Waals surface area contributed by atoms with Crippen molar-refractivity contribution in [2.75, 3.05) is 4.72 Å². The number of sulfonamides is 1. The molecule has 1 aliphatic heterocycles. The van der Waals surface area contributed by atoms with Crippen LogP contribution in [-0.4, -0.2) is 30.0 Å². The summed E-state index contributed by atoms with van der Waals surface area (Å²) in [6, 6.07) is 20.4. The van der Waals surface area contributed by atoms with E-state index in [0.717, 1.165) is 5.56 Å². The van der Waals surface area contributed by atoms with E-state index in [0.29, 0.717) is 23.4 Å². The number of nitro benzene ring substituents is 1. The van der Waals surface area contributed by atoms with Gasteiger partial charge in [0, 0.05) is 31.2 Å². The number of carbonyl (C=O) groups is 1. The van der Waals surface area contributed by atoms with Crippen molar-refractivity contribution in [1.29, 1.82) is 0 Å². The minimum atomic E-state index is -3.71. The number of nitrogens with one attached hydrogen (secondary N) is 1. The minimum absolute atomic E-state index is 0.0560. The maximum Gasteiger partial charge on any atom is 0.269 e. The summed E-state index contributed by atoms with van der Waals surface area (Å²) in [5, 5.41) is 16.9. The van der Waals surface area contributed by atoms with Gasteiger partial charge in [0.25, 0.3) is 15.7 Å². The lowest BCUT2D eigenvalue weighted by molar-refractivity contribution is -0.384. The molecule has 3 aromatic carbocycles.